The van der Waals surface area contributed by atoms with E-state index < -0.39 is 0 Å². The molecule has 1 heterocycles. The highest BCUT2D eigenvalue weighted by molar-refractivity contribution is 7.09. The van der Waals surface area contributed by atoms with E-state index in [0.717, 1.165) is 6.54 Å². The Labute approximate surface area is 120 Å². The number of rotatable bonds is 8. The van der Waals surface area contributed by atoms with E-state index in [9.17, 15) is 0 Å². The molecule has 19 heavy (non-hydrogen) atoms. The molecule has 1 unspecified atom stereocenters. The summed E-state index contributed by atoms with van der Waals surface area (Å²) in [6.07, 6.45) is 4.85. The third kappa shape index (κ3) is 4.81. The third-order valence-electron chi connectivity index (χ3n) is 3.34. The first-order chi connectivity index (χ1) is 9.40. The topological polar surface area (TPSA) is 12.0 Å². The van der Waals surface area contributed by atoms with Crippen LogP contribution < -0.4 is 5.32 Å². The van der Waals surface area contributed by atoms with Crippen molar-refractivity contribution in [3.8, 4) is 0 Å². The van der Waals surface area contributed by atoms with Crippen molar-refractivity contribution in [2.45, 2.75) is 38.6 Å². The molecule has 102 valence electrons. The third-order valence-corrected chi connectivity index (χ3v) is 4.27. The van der Waals surface area contributed by atoms with Crippen molar-refractivity contribution < 1.29 is 0 Å². The Kier molecular flexibility index (Phi) is 6.12. The Hall–Kier alpha value is -1.12. The molecule has 1 atom stereocenters. The maximum absolute atomic E-state index is 3.67. The molecule has 0 aliphatic rings. The van der Waals surface area contributed by atoms with Gasteiger partial charge in [-0.2, -0.15) is 0 Å². The highest BCUT2D eigenvalue weighted by atomic mass is 32.1. The maximum atomic E-state index is 3.67. The summed E-state index contributed by atoms with van der Waals surface area (Å²) in [5.41, 5.74) is 1.42. The van der Waals surface area contributed by atoms with Crippen LogP contribution in [-0.2, 0) is 6.42 Å². The van der Waals surface area contributed by atoms with E-state index in [2.05, 4.69) is 60.1 Å². The fourth-order valence-electron chi connectivity index (χ4n) is 2.33. The minimum Gasteiger partial charge on any atom is -0.310 e. The lowest BCUT2D eigenvalue weighted by molar-refractivity contribution is 0.485. The van der Waals surface area contributed by atoms with Gasteiger partial charge in [0.15, 0.2) is 0 Å². The summed E-state index contributed by atoms with van der Waals surface area (Å²) in [5.74, 6) is 0. The molecule has 0 amide bonds. The van der Waals surface area contributed by atoms with Gasteiger partial charge < -0.3 is 5.32 Å². The summed E-state index contributed by atoms with van der Waals surface area (Å²) in [7, 11) is 0. The Bertz CT molecular complexity index is 436. The molecule has 1 aromatic heterocycles. The summed E-state index contributed by atoms with van der Waals surface area (Å²) >= 11 is 1.87. The van der Waals surface area contributed by atoms with Crippen LogP contribution in [-0.4, -0.2) is 6.54 Å². The molecule has 0 radical (unpaired) electrons. The molecule has 0 saturated carbocycles. The van der Waals surface area contributed by atoms with Crippen LogP contribution in [0.1, 0.15) is 42.7 Å². The first-order valence-electron chi connectivity index (χ1n) is 7.21. The van der Waals surface area contributed by atoms with Crippen LogP contribution in [0.2, 0.25) is 0 Å². The number of nitrogens with one attached hydrogen (secondary N) is 1. The van der Waals surface area contributed by atoms with Crippen LogP contribution in [0.4, 0.5) is 0 Å². The molecule has 0 aliphatic carbocycles. The van der Waals surface area contributed by atoms with Crippen molar-refractivity contribution >= 4 is 11.3 Å². The van der Waals surface area contributed by atoms with Gasteiger partial charge in [-0.05, 0) is 49.2 Å². The average molecular weight is 273 g/mol. The number of hydrogen-bond donors (Lipinski definition) is 1. The van der Waals surface area contributed by atoms with Crippen molar-refractivity contribution in [3.05, 3.63) is 58.3 Å². The molecule has 0 saturated heterocycles. The van der Waals surface area contributed by atoms with Crippen LogP contribution in [0.25, 0.3) is 0 Å². The normalized spacial score (nSPS) is 12.5. The maximum Gasteiger partial charge on any atom is 0.0320 e. The lowest BCUT2D eigenvalue weighted by Gasteiger charge is -2.18. The number of hydrogen-bond acceptors (Lipinski definition) is 2. The lowest BCUT2D eigenvalue weighted by Crippen LogP contribution is -2.22. The van der Waals surface area contributed by atoms with E-state index >= 15 is 0 Å². The first kappa shape index (κ1) is 14.3. The van der Waals surface area contributed by atoms with Crippen molar-refractivity contribution in [1.82, 2.24) is 5.32 Å². The summed E-state index contributed by atoms with van der Waals surface area (Å²) in [6.45, 7) is 3.32. The summed E-state index contributed by atoms with van der Waals surface area (Å²) in [4.78, 5) is 1.50. The second-order valence-corrected chi connectivity index (χ2v) is 5.92. The zero-order valence-electron chi connectivity index (χ0n) is 11.6. The minimum absolute atomic E-state index is 0.501. The molecule has 2 aromatic rings. The molecule has 1 N–H and O–H groups in total. The largest absolute Gasteiger partial charge is 0.310 e. The summed E-state index contributed by atoms with van der Waals surface area (Å²) in [6, 6.07) is 15.7. The molecule has 0 aliphatic heterocycles. The highest BCUT2D eigenvalue weighted by Crippen LogP contribution is 2.20. The monoisotopic (exact) mass is 273 g/mol. The zero-order valence-corrected chi connectivity index (χ0v) is 12.5. The van der Waals surface area contributed by atoms with Crippen LogP contribution in [0, 0.1) is 0 Å². The van der Waals surface area contributed by atoms with Crippen LogP contribution in [0.3, 0.4) is 0 Å². The molecule has 0 spiro atoms. The van der Waals surface area contributed by atoms with Gasteiger partial charge >= 0.3 is 0 Å². The summed E-state index contributed by atoms with van der Waals surface area (Å²) in [5, 5.41) is 5.84. The predicted molar refractivity (Wildman–Crippen MR) is 84.7 cm³/mol. The fourth-order valence-corrected chi connectivity index (χ4v) is 3.08. The van der Waals surface area contributed by atoms with E-state index in [1.165, 1.54) is 36.1 Å². The number of aryl methyl sites for hydroxylation is 1. The zero-order chi connectivity index (χ0) is 13.3. The second-order valence-electron chi connectivity index (χ2n) is 4.89. The molecule has 0 fully saturated rings. The van der Waals surface area contributed by atoms with Gasteiger partial charge in [0, 0.05) is 10.9 Å². The van der Waals surface area contributed by atoms with Crippen molar-refractivity contribution in [1.29, 1.82) is 0 Å². The number of thiophene rings is 1. The van der Waals surface area contributed by atoms with E-state index in [0.29, 0.717) is 6.04 Å². The Morgan fingerprint density at radius 3 is 2.63 bits per heavy atom. The molecule has 1 nitrogen and oxygen atoms in total. The molecular formula is C17H23NS. The lowest BCUT2D eigenvalue weighted by atomic mass is 10.0. The van der Waals surface area contributed by atoms with Crippen LogP contribution in [0.5, 0.6) is 0 Å². The Balaban J connectivity index is 1.87. The van der Waals surface area contributed by atoms with Gasteiger partial charge in [-0.3, -0.25) is 0 Å². The van der Waals surface area contributed by atoms with E-state index in [1.54, 1.807) is 0 Å². The Morgan fingerprint density at radius 1 is 1.11 bits per heavy atom. The molecule has 1 aromatic carbocycles. The summed E-state index contributed by atoms with van der Waals surface area (Å²) < 4.78 is 0. The van der Waals surface area contributed by atoms with Gasteiger partial charge in [-0.15, -0.1) is 11.3 Å². The van der Waals surface area contributed by atoms with Gasteiger partial charge in [0.2, 0.25) is 0 Å². The van der Waals surface area contributed by atoms with Gasteiger partial charge in [0.05, 0.1) is 0 Å². The highest BCUT2D eigenvalue weighted by Gasteiger charge is 2.09. The Morgan fingerprint density at radius 2 is 1.95 bits per heavy atom. The fraction of sp³-hybridized carbons (Fsp3) is 0.412. The quantitative estimate of drug-likeness (QED) is 0.727. The van der Waals surface area contributed by atoms with Gasteiger partial charge in [0.25, 0.3) is 0 Å². The number of benzene rings is 1. The van der Waals surface area contributed by atoms with Gasteiger partial charge in [-0.1, -0.05) is 43.3 Å². The van der Waals surface area contributed by atoms with E-state index in [4.69, 9.17) is 0 Å². The van der Waals surface area contributed by atoms with E-state index in [1.807, 2.05) is 11.3 Å². The molecular weight excluding hydrogens is 250 g/mol. The van der Waals surface area contributed by atoms with E-state index in [-0.39, 0.29) is 0 Å². The molecule has 0 bridgehead atoms. The van der Waals surface area contributed by atoms with Gasteiger partial charge in [0.1, 0.15) is 0 Å². The van der Waals surface area contributed by atoms with Crippen LogP contribution in [0.15, 0.2) is 47.8 Å². The smallest absolute Gasteiger partial charge is 0.0320 e. The van der Waals surface area contributed by atoms with Crippen molar-refractivity contribution in [3.63, 3.8) is 0 Å². The molecule has 2 rings (SSSR count). The minimum atomic E-state index is 0.501. The standard InChI is InChI=1S/C17H23NS/c1-2-13-18-17(15-8-4-3-5-9-15)12-6-10-16-11-7-14-19-16/h3-5,7-9,11,14,17-18H,2,6,10,12-13H2,1H3. The van der Waals surface area contributed by atoms with Crippen molar-refractivity contribution in [2.24, 2.45) is 0 Å². The predicted octanol–water partition coefficient (Wildman–Crippen LogP) is 4.81. The van der Waals surface area contributed by atoms with Crippen LogP contribution >= 0.6 is 11.3 Å². The van der Waals surface area contributed by atoms with Crippen molar-refractivity contribution in [2.75, 3.05) is 6.54 Å². The SMILES string of the molecule is CCCNC(CCCc1cccs1)c1ccccc1. The average Bonchev–Trinajstić information content (AvgIpc) is 2.97. The first-order valence-corrected chi connectivity index (χ1v) is 8.09. The van der Waals surface area contributed by atoms with Gasteiger partial charge in [-0.25, -0.2) is 0 Å². The second kappa shape index (κ2) is 8.13. The molecule has 2 heteroatoms.